The Kier molecular flexibility index (Phi) is 8.69. The van der Waals surface area contributed by atoms with E-state index in [1.165, 1.54) is 19.2 Å². The number of nitrogens with two attached hydrogens (primary N) is 2. The van der Waals surface area contributed by atoms with E-state index in [0.717, 1.165) is 5.56 Å². The number of fused-ring (bicyclic) bond motifs is 1. The Labute approximate surface area is 214 Å². The van der Waals surface area contributed by atoms with Gasteiger partial charge < -0.3 is 26.3 Å². The van der Waals surface area contributed by atoms with Crippen molar-refractivity contribution in [3.63, 3.8) is 0 Å². The number of hydrogen-bond acceptors (Lipinski definition) is 6. The summed E-state index contributed by atoms with van der Waals surface area (Å²) in [5.41, 5.74) is 11.7. The number of methoxy groups -OCH3 is 1. The molecule has 0 aliphatic rings. The summed E-state index contributed by atoms with van der Waals surface area (Å²) in [4.78, 5) is 29.6. The van der Waals surface area contributed by atoms with Crippen molar-refractivity contribution in [2.45, 2.75) is 39.8 Å². The topological polar surface area (TPSA) is 147 Å². The third kappa shape index (κ3) is 7.18. The molecular formula is C26H33FN6O4. The summed E-state index contributed by atoms with van der Waals surface area (Å²) in [6.07, 6.45) is 0.611. The van der Waals surface area contributed by atoms with Crippen LogP contribution in [0, 0.1) is 11.2 Å². The lowest BCUT2D eigenvalue weighted by atomic mass is 9.86. The molecule has 3 aromatic rings. The summed E-state index contributed by atoms with van der Waals surface area (Å²) >= 11 is 0. The van der Waals surface area contributed by atoms with Gasteiger partial charge in [-0.15, -0.1) is 0 Å². The highest BCUT2D eigenvalue weighted by molar-refractivity contribution is 6.06. The average molecular weight is 513 g/mol. The fourth-order valence-electron chi connectivity index (χ4n) is 3.70. The van der Waals surface area contributed by atoms with Crippen molar-refractivity contribution in [2.75, 3.05) is 20.3 Å². The van der Waals surface area contributed by atoms with Crippen LogP contribution in [0.5, 0.6) is 5.75 Å². The average Bonchev–Trinajstić information content (AvgIpc) is 3.20. The molecule has 5 N–H and O–H groups in total. The number of rotatable bonds is 10. The highest BCUT2D eigenvalue weighted by Crippen LogP contribution is 2.26. The molecule has 10 nitrogen and oxygen atoms in total. The number of aromatic nitrogens is 2. The standard InChI is InChI=1S/C26H33FN6O4/c1-26(2,3)22(24(35)36-4)31-23(34)21-19-11-10-18(37-13-5-12-30-25(28)29)14-20(19)33(32-21)15-16-6-8-17(27)9-7-16/h6-11,14,22H,5,12-13,15H2,1-4H3,(H,31,34)(H4,28,29,30)/t22-/m1/s1. The number of carbonyl (C=O) groups is 2. The zero-order valence-corrected chi connectivity index (χ0v) is 21.5. The second-order valence-electron chi connectivity index (χ2n) is 9.62. The maximum atomic E-state index is 13.4. The van der Waals surface area contributed by atoms with Crippen LogP contribution in [-0.4, -0.2) is 53.9 Å². The van der Waals surface area contributed by atoms with Crippen molar-refractivity contribution >= 4 is 28.7 Å². The number of halogens is 1. The second-order valence-corrected chi connectivity index (χ2v) is 9.62. The number of aliphatic imine (C=N–C) groups is 1. The van der Waals surface area contributed by atoms with Gasteiger partial charge in [0.25, 0.3) is 5.91 Å². The van der Waals surface area contributed by atoms with Crippen LogP contribution in [-0.2, 0) is 16.1 Å². The molecule has 37 heavy (non-hydrogen) atoms. The van der Waals surface area contributed by atoms with E-state index in [9.17, 15) is 14.0 Å². The van der Waals surface area contributed by atoms with Crippen LogP contribution in [0.15, 0.2) is 47.5 Å². The van der Waals surface area contributed by atoms with Gasteiger partial charge in [-0.2, -0.15) is 5.10 Å². The Morgan fingerprint density at radius 2 is 1.86 bits per heavy atom. The van der Waals surface area contributed by atoms with Gasteiger partial charge in [-0.05, 0) is 35.2 Å². The zero-order valence-electron chi connectivity index (χ0n) is 21.5. The molecule has 1 amide bonds. The molecule has 1 heterocycles. The molecule has 11 heteroatoms. The predicted octanol–water partition coefficient (Wildman–Crippen LogP) is 2.58. The van der Waals surface area contributed by atoms with Crippen LogP contribution in [0.1, 0.15) is 43.2 Å². The van der Waals surface area contributed by atoms with E-state index in [0.29, 0.717) is 36.2 Å². The fraction of sp³-hybridized carbons (Fsp3) is 0.385. The summed E-state index contributed by atoms with van der Waals surface area (Å²) in [5.74, 6) is -0.808. The summed E-state index contributed by atoms with van der Waals surface area (Å²) in [5, 5.41) is 7.90. The van der Waals surface area contributed by atoms with E-state index in [1.54, 1.807) is 35.0 Å². The molecule has 1 atom stereocenters. The van der Waals surface area contributed by atoms with Crippen LogP contribution in [0.3, 0.4) is 0 Å². The number of carbonyl (C=O) groups excluding carboxylic acids is 2. The van der Waals surface area contributed by atoms with E-state index < -0.39 is 23.3 Å². The number of hydrogen-bond donors (Lipinski definition) is 3. The SMILES string of the molecule is COC(=O)[C@@H](NC(=O)c1nn(Cc2ccc(F)cc2)c2cc(OCCCN=C(N)N)ccc12)C(C)(C)C. The molecular weight excluding hydrogens is 479 g/mol. The first kappa shape index (κ1) is 27.4. The fourth-order valence-corrected chi connectivity index (χ4v) is 3.70. The van der Waals surface area contributed by atoms with Crippen LogP contribution in [0.25, 0.3) is 10.9 Å². The van der Waals surface area contributed by atoms with E-state index in [1.807, 2.05) is 20.8 Å². The van der Waals surface area contributed by atoms with Crippen molar-refractivity contribution in [2.24, 2.45) is 21.9 Å². The van der Waals surface area contributed by atoms with E-state index in [4.69, 9.17) is 20.9 Å². The molecule has 3 rings (SSSR count). The highest BCUT2D eigenvalue weighted by atomic mass is 19.1. The summed E-state index contributed by atoms with van der Waals surface area (Å²) in [6, 6.07) is 10.4. The molecule has 0 fully saturated rings. The van der Waals surface area contributed by atoms with Gasteiger partial charge in [-0.1, -0.05) is 32.9 Å². The van der Waals surface area contributed by atoms with Gasteiger partial charge in [-0.25, -0.2) is 9.18 Å². The van der Waals surface area contributed by atoms with Gasteiger partial charge in [0.05, 0.1) is 25.8 Å². The van der Waals surface area contributed by atoms with Crippen molar-refractivity contribution in [3.05, 3.63) is 59.5 Å². The molecule has 1 aromatic heterocycles. The number of nitrogens with one attached hydrogen (secondary N) is 1. The Morgan fingerprint density at radius 3 is 2.49 bits per heavy atom. The third-order valence-corrected chi connectivity index (χ3v) is 5.63. The maximum absolute atomic E-state index is 13.4. The lowest BCUT2D eigenvalue weighted by molar-refractivity contribution is -0.145. The first-order chi connectivity index (χ1) is 17.5. The second kappa shape index (κ2) is 11.7. The summed E-state index contributed by atoms with van der Waals surface area (Å²) in [7, 11) is 1.28. The van der Waals surface area contributed by atoms with Crippen molar-refractivity contribution in [1.29, 1.82) is 0 Å². The number of ether oxygens (including phenoxy) is 2. The van der Waals surface area contributed by atoms with Crippen LogP contribution in [0.2, 0.25) is 0 Å². The van der Waals surface area contributed by atoms with Crippen LogP contribution < -0.4 is 21.5 Å². The highest BCUT2D eigenvalue weighted by Gasteiger charge is 2.35. The lowest BCUT2D eigenvalue weighted by Gasteiger charge is -2.28. The number of benzene rings is 2. The molecule has 0 saturated carbocycles. The smallest absolute Gasteiger partial charge is 0.328 e. The van der Waals surface area contributed by atoms with Crippen LogP contribution >= 0.6 is 0 Å². The minimum Gasteiger partial charge on any atom is -0.493 e. The maximum Gasteiger partial charge on any atom is 0.328 e. The van der Waals surface area contributed by atoms with Gasteiger partial charge in [-0.3, -0.25) is 14.5 Å². The Balaban J connectivity index is 1.94. The first-order valence-corrected chi connectivity index (χ1v) is 11.8. The third-order valence-electron chi connectivity index (χ3n) is 5.63. The number of nitrogens with zero attached hydrogens (tertiary/aromatic N) is 3. The molecule has 0 unspecified atom stereocenters. The minimum atomic E-state index is -0.880. The molecule has 0 bridgehead atoms. The van der Waals surface area contributed by atoms with E-state index in [-0.39, 0.29) is 24.0 Å². The Morgan fingerprint density at radius 1 is 1.16 bits per heavy atom. The minimum absolute atomic E-state index is 0.0258. The van der Waals surface area contributed by atoms with Gasteiger partial charge in [0.15, 0.2) is 11.7 Å². The molecule has 2 aromatic carbocycles. The van der Waals surface area contributed by atoms with Gasteiger partial charge in [0, 0.05) is 24.4 Å². The normalized spacial score (nSPS) is 12.1. The summed E-state index contributed by atoms with van der Waals surface area (Å²) in [6.45, 7) is 6.60. The molecule has 198 valence electrons. The molecule has 0 radical (unpaired) electrons. The van der Waals surface area contributed by atoms with Crippen molar-refractivity contribution in [3.8, 4) is 5.75 Å². The number of amides is 1. The molecule has 0 saturated heterocycles. The summed E-state index contributed by atoms with van der Waals surface area (Å²) < 4.78 is 25.8. The molecule has 0 spiro atoms. The van der Waals surface area contributed by atoms with Gasteiger partial charge in [0.2, 0.25) is 0 Å². The number of esters is 1. The Bertz CT molecular complexity index is 1280. The quantitative estimate of drug-likeness (QED) is 0.164. The first-order valence-electron chi connectivity index (χ1n) is 11.8. The monoisotopic (exact) mass is 512 g/mol. The largest absolute Gasteiger partial charge is 0.493 e. The molecule has 0 aliphatic heterocycles. The Hall–Kier alpha value is -4.15. The van der Waals surface area contributed by atoms with Crippen LogP contribution in [0.4, 0.5) is 4.39 Å². The predicted molar refractivity (Wildman–Crippen MR) is 139 cm³/mol. The molecule has 0 aliphatic carbocycles. The zero-order chi connectivity index (χ0) is 27.2. The van der Waals surface area contributed by atoms with Gasteiger partial charge in [0.1, 0.15) is 17.6 Å². The van der Waals surface area contributed by atoms with E-state index >= 15 is 0 Å². The van der Waals surface area contributed by atoms with Crippen molar-refractivity contribution < 1.29 is 23.5 Å². The van der Waals surface area contributed by atoms with Gasteiger partial charge >= 0.3 is 5.97 Å². The van der Waals surface area contributed by atoms with E-state index in [2.05, 4.69) is 15.4 Å². The van der Waals surface area contributed by atoms with Crippen molar-refractivity contribution in [1.82, 2.24) is 15.1 Å². The number of guanidine groups is 1. The lowest BCUT2D eigenvalue weighted by Crippen LogP contribution is -2.49.